The fourth-order valence-electron chi connectivity index (χ4n) is 6.51. The molecule has 0 amide bonds. The zero-order valence-corrected chi connectivity index (χ0v) is 19.5. The molecule has 0 aromatic rings. The number of aliphatic imine (C=N–C) groups is 1. The molecule has 2 aliphatic heterocycles. The molecule has 3 atom stereocenters. The van der Waals surface area contributed by atoms with Crippen LogP contribution < -0.4 is 5.32 Å². The Labute approximate surface area is 192 Å². The fraction of sp³-hybridized carbons (Fsp3) is 0.483. The van der Waals surface area contributed by atoms with Crippen LogP contribution in [0.25, 0.3) is 0 Å². The summed E-state index contributed by atoms with van der Waals surface area (Å²) in [6.45, 7) is 10.9. The summed E-state index contributed by atoms with van der Waals surface area (Å²) < 4.78 is 0. The van der Waals surface area contributed by atoms with Crippen LogP contribution in [0.1, 0.15) is 51.9 Å². The second-order valence-corrected chi connectivity index (χ2v) is 10.9. The lowest BCUT2D eigenvalue weighted by Gasteiger charge is -2.31. The molecule has 0 aromatic heterocycles. The van der Waals surface area contributed by atoms with Crippen molar-refractivity contribution >= 4 is 6.21 Å². The zero-order valence-electron chi connectivity index (χ0n) is 19.5. The molecule has 3 unspecified atom stereocenters. The molecule has 1 N–H and O–H groups in total. The largest absolute Gasteiger partial charge is 0.391 e. The summed E-state index contributed by atoms with van der Waals surface area (Å²) in [5, 5.41) is 3.52. The number of fused-ring (bicyclic) bond motifs is 3. The average Bonchev–Trinajstić information content (AvgIpc) is 3.57. The Bertz CT molecular complexity index is 1070. The molecule has 0 radical (unpaired) electrons. The maximum absolute atomic E-state index is 5.03. The van der Waals surface area contributed by atoms with E-state index in [4.69, 9.17) is 4.99 Å². The van der Waals surface area contributed by atoms with E-state index >= 15 is 0 Å². The van der Waals surface area contributed by atoms with Gasteiger partial charge in [0.1, 0.15) is 0 Å². The predicted octanol–water partition coefficient (Wildman–Crippen LogP) is 6.19. The third-order valence-corrected chi connectivity index (χ3v) is 9.05. The lowest BCUT2D eigenvalue weighted by molar-refractivity contribution is 0.403. The summed E-state index contributed by atoms with van der Waals surface area (Å²) >= 11 is 0. The van der Waals surface area contributed by atoms with Gasteiger partial charge in [0.2, 0.25) is 0 Å². The maximum atomic E-state index is 5.03. The topological polar surface area (TPSA) is 27.6 Å². The molecular formula is C29H35N3. The van der Waals surface area contributed by atoms with Crippen LogP contribution >= 0.6 is 0 Å². The Balaban J connectivity index is 1.21. The number of hydrogen-bond acceptors (Lipinski definition) is 3. The van der Waals surface area contributed by atoms with Crippen molar-refractivity contribution < 1.29 is 0 Å². The first-order chi connectivity index (χ1) is 15.5. The lowest BCUT2D eigenvalue weighted by atomic mass is 9.86. The molecule has 6 rings (SSSR count). The minimum Gasteiger partial charge on any atom is -0.391 e. The first-order valence-corrected chi connectivity index (χ1v) is 12.3. The molecule has 2 fully saturated rings. The fourth-order valence-corrected chi connectivity index (χ4v) is 6.51. The van der Waals surface area contributed by atoms with Crippen LogP contribution in [0.2, 0.25) is 0 Å². The number of hydrogen-bond donors (Lipinski definition) is 1. The van der Waals surface area contributed by atoms with E-state index in [-0.39, 0.29) is 12.0 Å². The van der Waals surface area contributed by atoms with Gasteiger partial charge in [-0.1, -0.05) is 37.8 Å². The molecule has 6 aliphatic rings. The van der Waals surface area contributed by atoms with E-state index in [1.165, 1.54) is 53.1 Å². The summed E-state index contributed by atoms with van der Waals surface area (Å²) in [5.41, 5.74) is 9.06. The van der Waals surface area contributed by atoms with Gasteiger partial charge in [0.25, 0.3) is 0 Å². The Morgan fingerprint density at radius 3 is 2.84 bits per heavy atom. The molecule has 0 bridgehead atoms. The van der Waals surface area contributed by atoms with Gasteiger partial charge >= 0.3 is 0 Å². The number of allylic oxidation sites excluding steroid dienone is 8. The van der Waals surface area contributed by atoms with Gasteiger partial charge in [-0.25, -0.2) is 0 Å². The van der Waals surface area contributed by atoms with Gasteiger partial charge in [-0.2, -0.15) is 0 Å². The van der Waals surface area contributed by atoms with Gasteiger partial charge in [-0.15, -0.1) is 6.58 Å². The molecule has 3 nitrogen and oxygen atoms in total. The quantitative estimate of drug-likeness (QED) is 0.514. The standard InChI is InChI=1S/C29H35N3/c1-5-28-17-29(28,18-28)11-10-22-13-27-25(14-26(22)30-4)20(3)32-16-23(12-24(32)15-31-27)21-8-6-19(2)7-9-21/h5-6,8-9,13,15-16,19,24-25,30H,1,3,7,10-12,14,17-18H2,2,4H3. The van der Waals surface area contributed by atoms with Crippen LogP contribution in [0.3, 0.4) is 0 Å². The van der Waals surface area contributed by atoms with Crippen LogP contribution in [0.4, 0.5) is 0 Å². The van der Waals surface area contributed by atoms with Gasteiger partial charge in [0.15, 0.2) is 0 Å². The van der Waals surface area contributed by atoms with Crippen molar-refractivity contribution in [3.05, 3.63) is 83.5 Å². The normalized spacial score (nSPS) is 38.8. The van der Waals surface area contributed by atoms with E-state index in [2.05, 4.69) is 80.1 Å². The van der Waals surface area contributed by atoms with Gasteiger partial charge in [0, 0.05) is 55.3 Å². The Kier molecular flexibility index (Phi) is 4.38. The van der Waals surface area contributed by atoms with Crippen molar-refractivity contribution in [2.24, 2.45) is 27.7 Å². The van der Waals surface area contributed by atoms with Crippen LogP contribution in [0.15, 0.2) is 88.5 Å². The predicted molar refractivity (Wildman–Crippen MR) is 133 cm³/mol. The Morgan fingerprint density at radius 2 is 2.16 bits per heavy atom. The third-order valence-electron chi connectivity index (χ3n) is 9.05. The average molecular weight is 426 g/mol. The van der Waals surface area contributed by atoms with Gasteiger partial charge in [-0.05, 0) is 71.6 Å². The molecular weight excluding hydrogens is 390 g/mol. The molecule has 166 valence electrons. The van der Waals surface area contributed by atoms with Crippen LogP contribution in [-0.2, 0) is 0 Å². The molecule has 0 spiro atoms. The van der Waals surface area contributed by atoms with E-state index in [9.17, 15) is 0 Å². The number of rotatable bonds is 6. The van der Waals surface area contributed by atoms with Crippen LogP contribution in [0.5, 0.6) is 0 Å². The van der Waals surface area contributed by atoms with Crippen molar-refractivity contribution in [2.75, 3.05) is 7.05 Å². The van der Waals surface area contributed by atoms with E-state index in [1.54, 1.807) is 0 Å². The van der Waals surface area contributed by atoms with Crippen LogP contribution in [0, 0.1) is 22.7 Å². The molecule has 0 saturated heterocycles. The number of nitrogens with one attached hydrogen (secondary N) is 1. The highest BCUT2D eigenvalue weighted by atomic mass is 15.2. The lowest BCUT2D eigenvalue weighted by Crippen LogP contribution is -2.30. The van der Waals surface area contributed by atoms with Crippen molar-refractivity contribution in [3.63, 3.8) is 0 Å². The monoisotopic (exact) mass is 425 g/mol. The first-order valence-electron chi connectivity index (χ1n) is 12.3. The van der Waals surface area contributed by atoms with Gasteiger partial charge < -0.3 is 10.2 Å². The molecule has 4 aliphatic carbocycles. The first kappa shape index (κ1) is 20.1. The van der Waals surface area contributed by atoms with Crippen molar-refractivity contribution in [1.29, 1.82) is 0 Å². The zero-order chi connectivity index (χ0) is 22.1. The van der Waals surface area contributed by atoms with Crippen molar-refractivity contribution in [2.45, 2.75) is 57.9 Å². The third kappa shape index (κ3) is 2.97. The van der Waals surface area contributed by atoms with Crippen molar-refractivity contribution in [1.82, 2.24) is 10.2 Å². The smallest absolute Gasteiger partial charge is 0.0725 e. The van der Waals surface area contributed by atoms with Gasteiger partial charge in [-0.3, -0.25) is 4.99 Å². The van der Waals surface area contributed by atoms with Crippen molar-refractivity contribution in [3.8, 4) is 0 Å². The van der Waals surface area contributed by atoms with E-state index in [0.717, 1.165) is 25.7 Å². The molecule has 2 saturated carbocycles. The van der Waals surface area contributed by atoms with E-state index < -0.39 is 0 Å². The Hall–Kier alpha value is -2.55. The minimum atomic E-state index is 0.251. The SMILES string of the molecule is C=CC12CC1(CCC1=C(NC)CC3C(=C)N4C=C(C5=CCC(C)C=C5)CC4C=NC3=C1)C2. The van der Waals surface area contributed by atoms with Gasteiger partial charge in [0.05, 0.1) is 6.04 Å². The highest BCUT2D eigenvalue weighted by Gasteiger charge is 2.80. The second-order valence-electron chi connectivity index (χ2n) is 10.9. The second kappa shape index (κ2) is 6.97. The molecule has 2 heterocycles. The molecule has 32 heavy (non-hydrogen) atoms. The minimum absolute atomic E-state index is 0.251. The van der Waals surface area contributed by atoms with Crippen LogP contribution in [-0.4, -0.2) is 24.2 Å². The summed E-state index contributed by atoms with van der Waals surface area (Å²) in [7, 11) is 2.07. The summed E-state index contributed by atoms with van der Waals surface area (Å²) in [6.07, 6.45) is 24.3. The highest BCUT2D eigenvalue weighted by molar-refractivity contribution is 5.71. The summed E-state index contributed by atoms with van der Waals surface area (Å²) in [5.74, 6) is 0.896. The Morgan fingerprint density at radius 1 is 1.31 bits per heavy atom. The number of nitrogens with zero attached hydrogens (tertiary/aromatic N) is 2. The maximum Gasteiger partial charge on any atom is 0.0725 e. The highest BCUT2D eigenvalue weighted by Crippen LogP contribution is 2.88. The van der Waals surface area contributed by atoms with E-state index in [1.807, 2.05) is 0 Å². The summed E-state index contributed by atoms with van der Waals surface area (Å²) in [6, 6.07) is 0.282. The van der Waals surface area contributed by atoms with E-state index in [0.29, 0.717) is 16.7 Å². The molecule has 3 heteroatoms. The summed E-state index contributed by atoms with van der Waals surface area (Å²) in [4.78, 5) is 7.42. The molecule has 0 aromatic carbocycles.